The van der Waals surface area contributed by atoms with Gasteiger partial charge in [-0.2, -0.15) is 0 Å². The summed E-state index contributed by atoms with van der Waals surface area (Å²) in [4.78, 5) is 36.4. The molecule has 4 rings (SSSR count). The second-order valence-electron chi connectivity index (χ2n) is 7.68. The quantitative estimate of drug-likeness (QED) is 0.637. The Kier molecular flexibility index (Phi) is 6.53. The number of aryl methyl sites for hydroxylation is 1. The highest BCUT2D eigenvalue weighted by Gasteiger charge is 2.21. The van der Waals surface area contributed by atoms with Crippen LogP contribution in [0.1, 0.15) is 17.8 Å². The zero-order chi connectivity index (χ0) is 21.8. The minimum Gasteiger partial charge on any atom is -0.497 e. The van der Waals surface area contributed by atoms with E-state index in [0.717, 1.165) is 30.8 Å². The summed E-state index contributed by atoms with van der Waals surface area (Å²) in [6.07, 6.45) is 1.21. The second-order valence-corrected chi connectivity index (χ2v) is 8.12. The summed E-state index contributed by atoms with van der Waals surface area (Å²) in [6, 6.07) is 12.9. The molecule has 1 N–H and O–H groups in total. The SMILES string of the molecule is COc1ccc(CCC(=O)N2CCN(Cc3nc4ccc(Cl)cc4c(=O)[nH]3)CC2)cc1. The molecule has 2 heterocycles. The number of carbonyl (C=O) groups is 1. The predicted molar refractivity (Wildman–Crippen MR) is 121 cm³/mol. The summed E-state index contributed by atoms with van der Waals surface area (Å²) in [5.41, 5.74) is 1.57. The van der Waals surface area contributed by atoms with E-state index in [2.05, 4.69) is 14.9 Å². The second kappa shape index (κ2) is 9.49. The largest absolute Gasteiger partial charge is 0.497 e. The number of hydrogen-bond acceptors (Lipinski definition) is 5. The Morgan fingerprint density at radius 3 is 2.58 bits per heavy atom. The van der Waals surface area contributed by atoms with Crippen molar-refractivity contribution < 1.29 is 9.53 Å². The van der Waals surface area contributed by atoms with Crippen LogP contribution in [0.3, 0.4) is 0 Å². The van der Waals surface area contributed by atoms with Crippen LogP contribution in [0.4, 0.5) is 0 Å². The third-order valence-electron chi connectivity index (χ3n) is 5.60. The number of fused-ring (bicyclic) bond motifs is 1. The molecule has 1 fully saturated rings. The summed E-state index contributed by atoms with van der Waals surface area (Å²) < 4.78 is 5.17. The molecule has 1 aromatic heterocycles. The fraction of sp³-hybridized carbons (Fsp3) is 0.348. The van der Waals surface area contributed by atoms with Gasteiger partial charge in [-0.25, -0.2) is 4.98 Å². The van der Waals surface area contributed by atoms with Crippen LogP contribution in [-0.2, 0) is 17.8 Å². The Hall–Kier alpha value is -2.90. The van der Waals surface area contributed by atoms with Crippen molar-refractivity contribution in [2.24, 2.45) is 0 Å². The first-order valence-corrected chi connectivity index (χ1v) is 10.7. The molecule has 1 aliphatic heterocycles. The van der Waals surface area contributed by atoms with E-state index in [9.17, 15) is 9.59 Å². The zero-order valence-corrected chi connectivity index (χ0v) is 18.2. The van der Waals surface area contributed by atoms with Crippen LogP contribution in [0, 0.1) is 0 Å². The number of nitrogens with zero attached hydrogens (tertiary/aromatic N) is 3. The molecule has 0 radical (unpaired) electrons. The van der Waals surface area contributed by atoms with Gasteiger partial charge in [0.1, 0.15) is 11.6 Å². The van der Waals surface area contributed by atoms with Gasteiger partial charge in [0.25, 0.3) is 5.56 Å². The van der Waals surface area contributed by atoms with Gasteiger partial charge in [0.2, 0.25) is 5.91 Å². The molecule has 31 heavy (non-hydrogen) atoms. The van der Waals surface area contributed by atoms with Gasteiger partial charge in [-0.15, -0.1) is 0 Å². The van der Waals surface area contributed by atoms with Gasteiger partial charge >= 0.3 is 0 Å². The number of halogens is 1. The van der Waals surface area contributed by atoms with Crippen LogP contribution in [0.15, 0.2) is 47.3 Å². The highest BCUT2D eigenvalue weighted by Crippen LogP contribution is 2.16. The molecule has 0 aliphatic carbocycles. The van der Waals surface area contributed by atoms with Crippen molar-refractivity contribution in [2.75, 3.05) is 33.3 Å². The molecule has 1 saturated heterocycles. The number of nitrogens with one attached hydrogen (secondary N) is 1. The average Bonchev–Trinajstić information content (AvgIpc) is 2.79. The van der Waals surface area contributed by atoms with Gasteiger partial charge in [-0.3, -0.25) is 14.5 Å². The number of carbonyl (C=O) groups excluding carboxylic acids is 1. The first-order valence-electron chi connectivity index (χ1n) is 10.3. The standard InChI is InChI=1S/C23H25ClN4O3/c1-31-18-6-2-16(3-7-18)4-9-22(29)28-12-10-27(11-13-28)15-21-25-20-8-5-17(24)14-19(20)23(30)26-21/h2-3,5-8,14H,4,9-13,15H2,1H3,(H,25,26,30). The van der Waals surface area contributed by atoms with E-state index in [4.69, 9.17) is 16.3 Å². The zero-order valence-electron chi connectivity index (χ0n) is 17.4. The van der Waals surface area contributed by atoms with Crippen LogP contribution in [0.5, 0.6) is 5.75 Å². The van der Waals surface area contributed by atoms with Gasteiger partial charge in [0.05, 0.1) is 24.6 Å². The van der Waals surface area contributed by atoms with E-state index in [-0.39, 0.29) is 11.5 Å². The number of methoxy groups -OCH3 is 1. The van der Waals surface area contributed by atoms with Gasteiger partial charge in [0, 0.05) is 37.6 Å². The molecule has 8 heteroatoms. The molecule has 0 bridgehead atoms. The Morgan fingerprint density at radius 2 is 1.87 bits per heavy atom. The van der Waals surface area contributed by atoms with Crippen molar-refractivity contribution in [2.45, 2.75) is 19.4 Å². The van der Waals surface area contributed by atoms with Gasteiger partial charge < -0.3 is 14.6 Å². The van der Waals surface area contributed by atoms with Crippen molar-refractivity contribution >= 4 is 28.4 Å². The number of aromatic amines is 1. The molecular formula is C23H25ClN4O3. The lowest BCUT2D eigenvalue weighted by atomic mass is 10.1. The summed E-state index contributed by atoms with van der Waals surface area (Å²) in [5.74, 6) is 1.61. The Bertz CT molecular complexity index is 1120. The molecule has 7 nitrogen and oxygen atoms in total. The number of piperazine rings is 1. The fourth-order valence-corrected chi connectivity index (χ4v) is 3.98. The number of benzene rings is 2. The number of amides is 1. The minimum atomic E-state index is -0.185. The van der Waals surface area contributed by atoms with E-state index in [0.29, 0.717) is 47.8 Å². The highest BCUT2D eigenvalue weighted by molar-refractivity contribution is 6.31. The molecule has 1 amide bonds. The third-order valence-corrected chi connectivity index (χ3v) is 5.84. The molecule has 2 aromatic carbocycles. The molecule has 3 aromatic rings. The van der Waals surface area contributed by atoms with Crippen LogP contribution in [0.25, 0.3) is 10.9 Å². The number of H-pyrrole nitrogens is 1. The van der Waals surface area contributed by atoms with E-state index in [1.807, 2.05) is 29.2 Å². The molecule has 0 atom stereocenters. The topological polar surface area (TPSA) is 78.5 Å². The monoisotopic (exact) mass is 440 g/mol. The number of rotatable bonds is 6. The van der Waals surface area contributed by atoms with Crippen LogP contribution in [-0.4, -0.2) is 59.0 Å². The lowest BCUT2D eigenvalue weighted by Crippen LogP contribution is -2.48. The van der Waals surface area contributed by atoms with E-state index >= 15 is 0 Å². The van der Waals surface area contributed by atoms with E-state index < -0.39 is 0 Å². The fourth-order valence-electron chi connectivity index (χ4n) is 3.80. The number of aromatic nitrogens is 2. The Labute approximate surface area is 185 Å². The van der Waals surface area contributed by atoms with Gasteiger partial charge in [-0.1, -0.05) is 23.7 Å². The molecule has 0 unspecified atom stereocenters. The van der Waals surface area contributed by atoms with Crippen LogP contribution in [0.2, 0.25) is 5.02 Å². The smallest absolute Gasteiger partial charge is 0.258 e. The first kappa shape index (κ1) is 21.3. The first-order chi connectivity index (χ1) is 15.0. The number of hydrogen-bond donors (Lipinski definition) is 1. The Morgan fingerprint density at radius 1 is 1.13 bits per heavy atom. The van der Waals surface area contributed by atoms with E-state index in [1.54, 1.807) is 25.3 Å². The lowest BCUT2D eigenvalue weighted by Gasteiger charge is -2.34. The summed E-state index contributed by atoms with van der Waals surface area (Å²) >= 11 is 5.97. The van der Waals surface area contributed by atoms with Crippen molar-refractivity contribution in [3.8, 4) is 5.75 Å². The number of ether oxygens (including phenoxy) is 1. The predicted octanol–water partition coefficient (Wildman–Crippen LogP) is 2.86. The molecule has 0 spiro atoms. The summed E-state index contributed by atoms with van der Waals surface area (Å²) in [6.45, 7) is 3.39. The molecule has 0 saturated carbocycles. The molecule has 162 valence electrons. The van der Waals surface area contributed by atoms with Crippen molar-refractivity contribution in [3.63, 3.8) is 0 Å². The van der Waals surface area contributed by atoms with E-state index in [1.165, 1.54) is 0 Å². The van der Waals surface area contributed by atoms with Crippen LogP contribution < -0.4 is 10.3 Å². The van der Waals surface area contributed by atoms with Crippen LogP contribution >= 0.6 is 11.6 Å². The molecule has 1 aliphatic rings. The Balaban J connectivity index is 1.29. The highest BCUT2D eigenvalue weighted by atomic mass is 35.5. The summed E-state index contributed by atoms with van der Waals surface area (Å²) in [5, 5.41) is 1.00. The van der Waals surface area contributed by atoms with Crippen molar-refractivity contribution in [3.05, 3.63) is 69.2 Å². The van der Waals surface area contributed by atoms with Gasteiger partial charge in [0.15, 0.2) is 0 Å². The third kappa shape index (κ3) is 5.24. The summed E-state index contributed by atoms with van der Waals surface area (Å²) in [7, 11) is 1.64. The minimum absolute atomic E-state index is 0.171. The maximum atomic E-state index is 12.6. The van der Waals surface area contributed by atoms with Gasteiger partial charge in [-0.05, 0) is 42.3 Å². The van der Waals surface area contributed by atoms with Crippen molar-refractivity contribution in [1.29, 1.82) is 0 Å². The molecular weight excluding hydrogens is 416 g/mol. The average molecular weight is 441 g/mol. The normalized spacial score (nSPS) is 14.7. The maximum absolute atomic E-state index is 12.6. The maximum Gasteiger partial charge on any atom is 0.258 e. The lowest BCUT2D eigenvalue weighted by molar-refractivity contribution is -0.133. The van der Waals surface area contributed by atoms with Crippen molar-refractivity contribution in [1.82, 2.24) is 19.8 Å².